The van der Waals surface area contributed by atoms with Gasteiger partial charge in [0.15, 0.2) is 0 Å². The molecule has 2 atom stereocenters. The summed E-state index contributed by atoms with van der Waals surface area (Å²) >= 11 is 0. The van der Waals surface area contributed by atoms with Gasteiger partial charge in [-0.25, -0.2) is 4.79 Å². The molecule has 1 rings (SSSR count). The lowest BCUT2D eigenvalue weighted by Crippen LogP contribution is -2.45. The molecule has 1 aliphatic rings. The molecular weight excluding hydrogens is 246 g/mol. The van der Waals surface area contributed by atoms with Gasteiger partial charge in [0, 0.05) is 6.61 Å². The van der Waals surface area contributed by atoms with Gasteiger partial charge in [-0.15, -0.1) is 0 Å². The number of esters is 1. The average molecular weight is 271 g/mol. The van der Waals surface area contributed by atoms with E-state index >= 15 is 0 Å². The summed E-state index contributed by atoms with van der Waals surface area (Å²) in [7, 11) is 1.35. The Bertz CT molecular complexity index is 287. The normalized spacial score (nSPS) is 20.0. The topological polar surface area (TPSA) is 64.6 Å². The summed E-state index contributed by atoms with van der Waals surface area (Å²) in [6.07, 6.45) is 6.14. The van der Waals surface area contributed by atoms with Crippen molar-refractivity contribution in [3.8, 4) is 0 Å². The van der Waals surface area contributed by atoms with Crippen LogP contribution in [-0.4, -0.2) is 37.7 Å². The zero-order valence-electron chi connectivity index (χ0n) is 11.9. The molecule has 0 aromatic rings. The van der Waals surface area contributed by atoms with Gasteiger partial charge in [0.25, 0.3) is 0 Å². The molecule has 0 bridgehead atoms. The highest BCUT2D eigenvalue weighted by molar-refractivity contribution is 5.87. The largest absolute Gasteiger partial charge is 0.467 e. The maximum absolute atomic E-state index is 11.9. The molecule has 1 heterocycles. The third kappa shape index (κ3) is 5.59. The first kappa shape index (κ1) is 16.0. The van der Waals surface area contributed by atoms with Crippen LogP contribution in [0.4, 0.5) is 0 Å². The van der Waals surface area contributed by atoms with Gasteiger partial charge in [-0.05, 0) is 19.3 Å². The van der Waals surface area contributed by atoms with Gasteiger partial charge in [-0.3, -0.25) is 4.79 Å². The minimum Gasteiger partial charge on any atom is -0.467 e. The van der Waals surface area contributed by atoms with Crippen LogP contribution in [0.3, 0.4) is 0 Å². The second kappa shape index (κ2) is 8.91. The summed E-state index contributed by atoms with van der Waals surface area (Å²) in [4.78, 5) is 23.6. The van der Waals surface area contributed by atoms with E-state index in [-0.39, 0.29) is 11.9 Å². The van der Waals surface area contributed by atoms with E-state index in [0.717, 1.165) is 38.5 Å². The number of unbranched alkanes of at least 4 members (excludes halogenated alkanes) is 3. The number of hydrogen-bond donors (Lipinski definition) is 1. The summed E-state index contributed by atoms with van der Waals surface area (Å²) < 4.78 is 10.0. The molecule has 110 valence electrons. The van der Waals surface area contributed by atoms with E-state index in [0.29, 0.717) is 13.0 Å². The summed E-state index contributed by atoms with van der Waals surface area (Å²) in [6, 6.07) is -0.543. The maximum Gasteiger partial charge on any atom is 0.328 e. The van der Waals surface area contributed by atoms with Crippen LogP contribution in [0.2, 0.25) is 0 Å². The monoisotopic (exact) mass is 271 g/mol. The summed E-state index contributed by atoms with van der Waals surface area (Å²) in [5.74, 6) is -0.564. The minimum atomic E-state index is -0.543. The molecule has 0 aromatic carbocycles. The van der Waals surface area contributed by atoms with E-state index in [1.54, 1.807) is 0 Å². The molecule has 0 aliphatic carbocycles. The number of nitrogens with one attached hydrogen (secondary N) is 1. The number of ether oxygens (including phenoxy) is 2. The van der Waals surface area contributed by atoms with E-state index in [4.69, 9.17) is 9.47 Å². The number of rotatable bonds is 8. The van der Waals surface area contributed by atoms with E-state index in [2.05, 4.69) is 12.2 Å². The molecule has 5 nitrogen and oxygen atoms in total. The van der Waals surface area contributed by atoms with Crippen molar-refractivity contribution < 1.29 is 19.1 Å². The van der Waals surface area contributed by atoms with Gasteiger partial charge in [-0.1, -0.05) is 32.6 Å². The van der Waals surface area contributed by atoms with Crippen molar-refractivity contribution in [2.75, 3.05) is 13.7 Å². The number of carbonyl (C=O) groups excluding carboxylic acids is 2. The molecule has 0 unspecified atom stereocenters. The van der Waals surface area contributed by atoms with Crippen molar-refractivity contribution in [2.24, 2.45) is 0 Å². The van der Waals surface area contributed by atoms with Crippen LogP contribution in [0.15, 0.2) is 0 Å². The molecular formula is C14H25NO4. The van der Waals surface area contributed by atoms with Gasteiger partial charge in [0.05, 0.1) is 7.11 Å². The number of amides is 1. The Balaban J connectivity index is 2.39. The second-order valence-electron chi connectivity index (χ2n) is 4.94. The van der Waals surface area contributed by atoms with Gasteiger partial charge in [-0.2, -0.15) is 0 Å². The Hall–Kier alpha value is -1.10. The fraction of sp³-hybridized carbons (Fsp3) is 0.857. The lowest BCUT2D eigenvalue weighted by molar-refractivity contribution is -0.146. The summed E-state index contributed by atoms with van der Waals surface area (Å²) in [5.41, 5.74) is 0. The van der Waals surface area contributed by atoms with Crippen molar-refractivity contribution in [1.29, 1.82) is 0 Å². The Morgan fingerprint density at radius 2 is 2.16 bits per heavy atom. The molecule has 1 saturated heterocycles. The smallest absolute Gasteiger partial charge is 0.328 e. The number of hydrogen-bond acceptors (Lipinski definition) is 4. The number of carbonyl (C=O) groups is 2. The standard InChI is InChI=1S/C14H25NO4/c1-3-4-5-6-8-11(14(17)18-2)15-13(16)12-9-7-10-19-12/h11-12H,3-10H2,1-2H3,(H,15,16)/t11-,12+/m0/s1. The van der Waals surface area contributed by atoms with Gasteiger partial charge >= 0.3 is 5.97 Å². The molecule has 1 N–H and O–H groups in total. The van der Waals surface area contributed by atoms with Gasteiger partial charge < -0.3 is 14.8 Å². The van der Waals surface area contributed by atoms with Crippen molar-refractivity contribution in [1.82, 2.24) is 5.32 Å². The fourth-order valence-corrected chi connectivity index (χ4v) is 2.22. The Morgan fingerprint density at radius 1 is 1.37 bits per heavy atom. The van der Waals surface area contributed by atoms with Crippen LogP contribution in [0.1, 0.15) is 51.9 Å². The molecule has 5 heteroatoms. The summed E-state index contributed by atoms with van der Waals surface area (Å²) in [5, 5.41) is 2.75. The second-order valence-corrected chi connectivity index (χ2v) is 4.94. The molecule has 0 radical (unpaired) electrons. The fourth-order valence-electron chi connectivity index (χ4n) is 2.22. The van der Waals surface area contributed by atoms with Crippen LogP contribution >= 0.6 is 0 Å². The third-order valence-electron chi connectivity index (χ3n) is 3.37. The molecule has 1 fully saturated rings. The molecule has 19 heavy (non-hydrogen) atoms. The van der Waals surface area contributed by atoms with E-state index in [9.17, 15) is 9.59 Å². The van der Waals surface area contributed by atoms with Crippen molar-refractivity contribution in [3.05, 3.63) is 0 Å². The van der Waals surface area contributed by atoms with Crippen LogP contribution in [0, 0.1) is 0 Å². The molecule has 1 aliphatic heterocycles. The predicted octanol–water partition coefficient (Wildman–Crippen LogP) is 1.79. The van der Waals surface area contributed by atoms with Crippen molar-refractivity contribution in [2.45, 2.75) is 64.0 Å². The van der Waals surface area contributed by atoms with Gasteiger partial charge in [0.2, 0.25) is 5.91 Å². The Kier molecular flexibility index (Phi) is 7.48. The zero-order valence-corrected chi connectivity index (χ0v) is 11.9. The molecule has 0 saturated carbocycles. The maximum atomic E-state index is 11.9. The Labute approximate surface area is 115 Å². The summed E-state index contributed by atoms with van der Waals surface area (Å²) in [6.45, 7) is 2.76. The number of methoxy groups -OCH3 is 1. The van der Waals surface area contributed by atoms with Gasteiger partial charge in [0.1, 0.15) is 12.1 Å². The van der Waals surface area contributed by atoms with Crippen LogP contribution in [0.5, 0.6) is 0 Å². The minimum absolute atomic E-state index is 0.191. The van der Waals surface area contributed by atoms with Crippen molar-refractivity contribution >= 4 is 11.9 Å². The average Bonchev–Trinajstić information content (AvgIpc) is 2.95. The lowest BCUT2D eigenvalue weighted by atomic mass is 10.1. The van der Waals surface area contributed by atoms with Crippen LogP contribution < -0.4 is 5.32 Å². The quantitative estimate of drug-likeness (QED) is 0.540. The third-order valence-corrected chi connectivity index (χ3v) is 3.37. The van der Waals surface area contributed by atoms with E-state index in [1.165, 1.54) is 7.11 Å². The van der Waals surface area contributed by atoms with E-state index in [1.807, 2.05) is 0 Å². The Morgan fingerprint density at radius 3 is 2.74 bits per heavy atom. The lowest BCUT2D eigenvalue weighted by Gasteiger charge is -2.18. The van der Waals surface area contributed by atoms with Crippen LogP contribution in [0.25, 0.3) is 0 Å². The molecule has 1 amide bonds. The highest BCUT2D eigenvalue weighted by Gasteiger charge is 2.28. The van der Waals surface area contributed by atoms with Crippen LogP contribution in [-0.2, 0) is 19.1 Å². The van der Waals surface area contributed by atoms with Crippen molar-refractivity contribution in [3.63, 3.8) is 0 Å². The highest BCUT2D eigenvalue weighted by Crippen LogP contribution is 2.13. The first-order chi connectivity index (χ1) is 9.19. The first-order valence-corrected chi connectivity index (χ1v) is 7.18. The first-order valence-electron chi connectivity index (χ1n) is 7.18. The molecule has 0 spiro atoms. The predicted molar refractivity (Wildman–Crippen MR) is 71.7 cm³/mol. The molecule has 0 aromatic heterocycles. The van der Waals surface area contributed by atoms with E-state index < -0.39 is 12.1 Å². The highest BCUT2D eigenvalue weighted by atomic mass is 16.5. The SMILES string of the molecule is CCCCCC[C@H](NC(=O)[C@H]1CCCO1)C(=O)OC. The zero-order chi connectivity index (χ0) is 14.1.